The lowest BCUT2D eigenvalue weighted by molar-refractivity contribution is -0.146. The summed E-state index contributed by atoms with van der Waals surface area (Å²) >= 11 is 0. The highest BCUT2D eigenvalue weighted by Gasteiger charge is 2.19. The van der Waals surface area contributed by atoms with Gasteiger partial charge in [0.25, 0.3) is 0 Å². The number of hydrogen-bond acceptors (Lipinski definition) is 7. The third-order valence-electron chi connectivity index (χ3n) is 5.32. The fourth-order valence-electron chi connectivity index (χ4n) is 3.55. The van der Waals surface area contributed by atoms with E-state index in [1.54, 1.807) is 13.1 Å². The monoisotopic (exact) mass is 468 g/mol. The molecule has 0 radical (unpaired) electrons. The minimum Gasteiger partial charge on any atom is -0.504 e. The summed E-state index contributed by atoms with van der Waals surface area (Å²) in [6.45, 7) is 2.72. The van der Waals surface area contributed by atoms with E-state index >= 15 is 0 Å². The molecule has 0 saturated heterocycles. The van der Waals surface area contributed by atoms with Crippen LogP contribution in [0.1, 0.15) is 45.8 Å². The van der Waals surface area contributed by atoms with E-state index in [-0.39, 0.29) is 17.1 Å². The Balaban J connectivity index is 1.45. The lowest BCUT2D eigenvalue weighted by Crippen LogP contribution is -2.27. The van der Waals surface area contributed by atoms with Gasteiger partial charge in [-0.25, -0.2) is 9.97 Å². The Bertz CT molecular complexity index is 1340. The van der Waals surface area contributed by atoms with E-state index in [1.165, 1.54) is 5.56 Å². The molecule has 4 aromatic rings. The van der Waals surface area contributed by atoms with Crippen molar-refractivity contribution in [2.75, 3.05) is 0 Å². The normalized spacial score (nSPS) is 10.6. The summed E-state index contributed by atoms with van der Waals surface area (Å²) in [4.78, 5) is 40.4. The standard InChI is InChI=1S/C27H24N4O4/c1-17-26(33)25(27(34)31-35-18(2)32)30-24(29-17)16-20-8-12-22(13-9-20)21-10-6-19(7-11-21)15-23-5-3-4-14-28-23/h3-14,33H,15-16H2,1-2H3,(H,31,34). The summed E-state index contributed by atoms with van der Waals surface area (Å²) in [7, 11) is 0. The molecule has 0 saturated carbocycles. The molecule has 0 fully saturated rings. The number of hydrogen-bond donors (Lipinski definition) is 2. The van der Waals surface area contributed by atoms with Gasteiger partial charge in [-0.2, -0.15) is 5.48 Å². The third-order valence-corrected chi connectivity index (χ3v) is 5.32. The van der Waals surface area contributed by atoms with Gasteiger partial charge in [-0.1, -0.05) is 54.6 Å². The maximum absolute atomic E-state index is 12.2. The van der Waals surface area contributed by atoms with Crippen molar-refractivity contribution >= 4 is 11.9 Å². The van der Waals surface area contributed by atoms with Crippen LogP contribution >= 0.6 is 0 Å². The van der Waals surface area contributed by atoms with E-state index in [0.717, 1.165) is 35.7 Å². The lowest BCUT2D eigenvalue weighted by Gasteiger charge is -2.10. The molecule has 8 heteroatoms. The highest BCUT2D eigenvalue weighted by Crippen LogP contribution is 2.23. The largest absolute Gasteiger partial charge is 0.504 e. The van der Waals surface area contributed by atoms with E-state index < -0.39 is 11.9 Å². The van der Waals surface area contributed by atoms with E-state index in [1.807, 2.05) is 47.9 Å². The summed E-state index contributed by atoms with van der Waals surface area (Å²) in [6, 6.07) is 22.3. The molecule has 2 N–H and O–H groups in total. The molecule has 0 aliphatic rings. The SMILES string of the molecule is CC(=O)ONC(=O)c1nc(Cc2ccc(-c3ccc(Cc4ccccn4)cc3)cc2)nc(C)c1O. The van der Waals surface area contributed by atoms with Gasteiger partial charge in [-0.05, 0) is 41.3 Å². The number of carbonyl (C=O) groups is 2. The van der Waals surface area contributed by atoms with Crippen LogP contribution < -0.4 is 5.48 Å². The Hall–Kier alpha value is -4.59. The van der Waals surface area contributed by atoms with Crippen molar-refractivity contribution in [3.63, 3.8) is 0 Å². The zero-order valence-electron chi connectivity index (χ0n) is 19.4. The first kappa shape index (κ1) is 23.6. The number of pyridine rings is 1. The second-order valence-electron chi connectivity index (χ2n) is 8.02. The quantitative estimate of drug-likeness (QED) is 0.412. The van der Waals surface area contributed by atoms with E-state index in [0.29, 0.717) is 12.2 Å². The summed E-state index contributed by atoms with van der Waals surface area (Å²) in [5, 5.41) is 10.2. The highest BCUT2D eigenvalue weighted by molar-refractivity contribution is 5.95. The first-order chi connectivity index (χ1) is 16.9. The summed E-state index contributed by atoms with van der Waals surface area (Å²) in [5.41, 5.74) is 7.30. The number of amides is 1. The number of nitrogens with zero attached hydrogens (tertiary/aromatic N) is 3. The fraction of sp³-hybridized carbons (Fsp3) is 0.148. The molecule has 2 aromatic carbocycles. The second-order valence-corrected chi connectivity index (χ2v) is 8.02. The Morgan fingerprint density at radius 3 is 2.09 bits per heavy atom. The van der Waals surface area contributed by atoms with Crippen LogP contribution in [0.4, 0.5) is 0 Å². The minimum absolute atomic E-state index is 0.254. The molecular weight excluding hydrogens is 444 g/mol. The van der Waals surface area contributed by atoms with E-state index in [9.17, 15) is 14.7 Å². The van der Waals surface area contributed by atoms with Crippen LogP contribution in [0.2, 0.25) is 0 Å². The smallest absolute Gasteiger partial charge is 0.329 e. The number of carbonyl (C=O) groups excluding carboxylic acids is 2. The van der Waals surface area contributed by atoms with Crippen molar-refractivity contribution in [2.24, 2.45) is 0 Å². The Labute approximate surface area is 202 Å². The van der Waals surface area contributed by atoms with Crippen LogP contribution in [0.15, 0.2) is 72.9 Å². The molecule has 1 amide bonds. The van der Waals surface area contributed by atoms with Gasteiger partial charge in [0, 0.05) is 31.7 Å². The maximum Gasteiger partial charge on any atom is 0.329 e. The predicted octanol–water partition coefficient (Wildman–Crippen LogP) is 3.94. The zero-order chi connectivity index (χ0) is 24.8. The van der Waals surface area contributed by atoms with Gasteiger partial charge >= 0.3 is 11.9 Å². The Morgan fingerprint density at radius 1 is 0.886 bits per heavy atom. The Morgan fingerprint density at radius 2 is 1.51 bits per heavy atom. The molecule has 4 rings (SSSR count). The average Bonchev–Trinajstić information content (AvgIpc) is 2.86. The average molecular weight is 469 g/mol. The van der Waals surface area contributed by atoms with E-state index in [4.69, 9.17) is 0 Å². The fourth-order valence-corrected chi connectivity index (χ4v) is 3.55. The van der Waals surface area contributed by atoms with Crippen molar-refractivity contribution in [3.05, 3.63) is 107 Å². The molecule has 176 valence electrons. The first-order valence-electron chi connectivity index (χ1n) is 11.0. The molecule has 8 nitrogen and oxygen atoms in total. The van der Waals surface area contributed by atoms with Crippen molar-refractivity contribution in [3.8, 4) is 16.9 Å². The van der Waals surface area contributed by atoms with Crippen molar-refractivity contribution in [1.29, 1.82) is 0 Å². The van der Waals surface area contributed by atoms with Crippen molar-refractivity contribution in [1.82, 2.24) is 20.4 Å². The predicted molar refractivity (Wildman–Crippen MR) is 129 cm³/mol. The van der Waals surface area contributed by atoms with Gasteiger partial charge in [0.1, 0.15) is 5.82 Å². The van der Waals surface area contributed by atoms with Crippen molar-refractivity contribution < 1.29 is 19.5 Å². The minimum atomic E-state index is -0.828. The van der Waals surface area contributed by atoms with Crippen LogP contribution in [-0.4, -0.2) is 31.9 Å². The third kappa shape index (κ3) is 6.05. The molecule has 0 unspecified atom stereocenters. The van der Waals surface area contributed by atoms with Crippen molar-refractivity contribution in [2.45, 2.75) is 26.7 Å². The maximum atomic E-state index is 12.2. The number of hydroxylamine groups is 1. The van der Waals surface area contributed by atoms with Gasteiger partial charge in [-0.15, -0.1) is 0 Å². The van der Waals surface area contributed by atoms with Crippen LogP contribution in [0.5, 0.6) is 5.75 Å². The zero-order valence-corrected chi connectivity index (χ0v) is 19.4. The summed E-state index contributed by atoms with van der Waals surface area (Å²) < 4.78 is 0. The molecule has 0 atom stereocenters. The number of benzene rings is 2. The summed E-state index contributed by atoms with van der Waals surface area (Å²) in [5.74, 6) is -1.52. The number of aromatic nitrogens is 3. The molecule has 2 heterocycles. The van der Waals surface area contributed by atoms with Crippen LogP contribution in [0.25, 0.3) is 11.1 Å². The van der Waals surface area contributed by atoms with Gasteiger partial charge in [0.15, 0.2) is 11.4 Å². The van der Waals surface area contributed by atoms with Crippen LogP contribution in [0.3, 0.4) is 0 Å². The van der Waals surface area contributed by atoms with E-state index in [2.05, 4.69) is 44.1 Å². The van der Waals surface area contributed by atoms with Gasteiger partial charge in [0.2, 0.25) is 0 Å². The number of aryl methyl sites for hydroxylation is 1. The molecule has 0 spiro atoms. The Kier molecular flexibility index (Phi) is 7.11. The topological polar surface area (TPSA) is 114 Å². The molecule has 0 bridgehead atoms. The first-order valence-corrected chi connectivity index (χ1v) is 11.0. The molecule has 35 heavy (non-hydrogen) atoms. The molecule has 0 aliphatic carbocycles. The number of aromatic hydroxyl groups is 1. The van der Waals surface area contributed by atoms with Gasteiger partial charge in [0.05, 0.1) is 5.69 Å². The van der Waals surface area contributed by atoms with Crippen LogP contribution in [-0.2, 0) is 22.5 Å². The molecule has 2 aromatic heterocycles. The second kappa shape index (κ2) is 10.6. The number of rotatable bonds is 6. The molecule has 0 aliphatic heterocycles. The number of nitrogens with one attached hydrogen (secondary N) is 1. The highest BCUT2D eigenvalue weighted by atomic mass is 16.7. The van der Waals surface area contributed by atoms with Crippen LogP contribution in [0, 0.1) is 6.92 Å². The van der Waals surface area contributed by atoms with Gasteiger partial charge in [-0.3, -0.25) is 14.6 Å². The molecular formula is C27H24N4O4. The van der Waals surface area contributed by atoms with Gasteiger partial charge < -0.3 is 9.94 Å². The lowest BCUT2D eigenvalue weighted by atomic mass is 10.00. The summed E-state index contributed by atoms with van der Waals surface area (Å²) in [6.07, 6.45) is 2.94.